The summed E-state index contributed by atoms with van der Waals surface area (Å²) in [6, 6.07) is 23.6. The molecule has 2 aromatic heterocycles. The highest BCUT2D eigenvalue weighted by atomic mass is 16.5. The van der Waals surface area contributed by atoms with E-state index < -0.39 is 0 Å². The molecule has 3 aromatic carbocycles. The number of aryl methyl sites for hydroxylation is 1. The third kappa shape index (κ3) is 4.04. The molecule has 8 heteroatoms. The van der Waals surface area contributed by atoms with E-state index in [9.17, 15) is 4.79 Å². The maximum atomic E-state index is 13.3. The fourth-order valence-corrected chi connectivity index (χ4v) is 5.09. The van der Waals surface area contributed by atoms with E-state index in [-0.39, 0.29) is 11.9 Å². The second-order valence-electron chi connectivity index (χ2n) is 9.50. The molecule has 0 radical (unpaired) electrons. The van der Waals surface area contributed by atoms with Crippen molar-refractivity contribution in [1.29, 1.82) is 0 Å². The van der Waals surface area contributed by atoms with Crippen LogP contribution in [0.3, 0.4) is 0 Å². The number of methoxy groups -OCH3 is 1. The number of benzene rings is 3. The Morgan fingerprint density at radius 1 is 0.973 bits per heavy atom. The van der Waals surface area contributed by atoms with Gasteiger partial charge in [-0.2, -0.15) is 0 Å². The summed E-state index contributed by atoms with van der Waals surface area (Å²) in [5.74, 6) is 2.34. The van der Waals surface area contributed by atoms with E-state index in [1.807, 2.05) is 89.0 Å². The van der Waals surface area contributed by atoms with E-state index in [0.29, 0.717) is 19.6 Å². The van der Waals surface area contributed by atoms with Crippen molar-refractivity contribution >= 4 is 28.4 Å². The summed E-state index contributed by atoms with van der Waals surface area (Å²) in [5.41, 5.74) is 4.36. The maximum absolute atomic E-state index is 13.3. The fourth-order valence-electron chi connectivity index (χ4n) is 5.09. The zero-order chi connectivity index (χ0) is 25.5. The molecule has 0 bridgehead atoms. The van der Waals surface area contributed by atoms with Gasteiger partial charge in [0.2, 0.25) is 5.95 Å². The number of nitrogens with zero attached hydrogens (tertiary/aromatic N) is 6. The van der Waals surface area contributed by atoms with Crippen LogP contribution in [0.2, 0.25) is 0 Å². The SMILES string of the molecule is COc1ccc(-c2nnc3c4ccccc4nc(N4CCN(C(=O)c5cccc(C)c5)C(C)C4)n23)cc1. The van der Waals surface area contributed by atoms with E-state index in [1.165, 1.54) is 0 Å². The first-order valence-electron chi connectivity index (χ1n) is 12.4. The first-order valence-corrected chi connectivity index (χ1v) is 12.4. The highest BCUT2D eigenvalue weighted by molar-refractivity contribution is 5.95. The average molecular weight is 493 g/mol. The minimum Gasteiger partial charge on any atom is -0.497 e. The summed E-state index contributed by atoms with van der Waals surface area (Å²) in [5, 5.41) is 10.1. The predicted octanol–water partition coefficient (Wildman–Crippen LogP) is 4.61. The molecule has 1 unspecified atom stereocenters. The van der Waals surface area contributed by atoms with Crippen LogP contribution in [0.4, 0.5) is 5.95 Å². The zero-order valence-corrected chi connectivity index (χ0v) is 21.1. The third-order valence-corrected chi connectivity index (χ3v) is 7.01. The smallest absolute Gasteiger partial charge is 0.254 e. The quantitative estimate of drug-likeness (QED) is 0.365. The first kappa shape index (κ1) is 23.0. The molecule has 37 heavy (non-hydrogen) atoms. The van der Waals surface area contributed by atoms with E-state index in [2.05, 4.69) is 22.0 Å². The van der Waals surface area contributed by atoms with Gasteiger partial charge in [0.15, 0.2) is 11.5 Å². The van der Waals surface area contributed by atoms with Gasteiger partial charge in [0.1, 0.15) is 5.75 Å². The first-order chi connectivity index (χ1) is 18.0. The standard InChI is InChI=1S/C29H28N6O2/c1-19-7-6-8-22(17-19)28(36)34-16-15-33(18-20(34)2)29-30-25-10-5-4-9-24(25)27-32-31-26(35(27)29)21-11-13-23(37-3)14-12-21/h4-14,17,20H,15-16,18H2,1-3H3. The van der Waals surface area contributed by atoms with Crippen molar-refractivity contribution in [1.82, 2.24) is 24.5 Å². The van der Waals surface area contributed by atoms with Gasteiger partial charge in [0, 0.05) is 42.2 Å². The van der Waals surface area contributed by atoms with Gasteiger partial charge in [-0.3, -0.25) is 4.79 Å². The summed E-state index contributed by atoms with van der Waals surface area (Å²) < 4.78 is 7.37. The van der Waals surface area contributed by atoms with Gasteiger partial charge in [-0.15, -0.1) is 10.2 Å². The zero-order valence-electron chi connectivity index (χ0n) is 21.1. The van der Waals surface area contributed by atoms with Crippen LogP contribution in [0.1, 0.15) is 22.8 Å². The van der Waals surface area contributed by atoms with Crippen molar-refractivity contribution < 1.29 is 9.53 Å². The molecule has 1 aliphatic heterocycles. The number of fused-ring (bicyclic) bond motifs is 3. The van der Waals surface area contributed by atoms with Crippen molar-refractivity contribution in [3.05, 3.63) is 83.9 Å². The Morgan fingerprint density at radius 2 is 1.78 bits per heavy atom. The van der Waals surface area contributed by atoms with Crippen molar-refractivity contribution in [2.24, 2.45) is 0 Å². The van der Waals surface area contributed by atoms with Gasteiger partial charge in [0.05, 0.1) is 12.6 Å². The largest absolute Gasteiger partial charge is 0.497 e. The summed E-state index contributed by atoms with van der Waals surface area (Å²) in [6.07, 6.45) is 0. The molecule has 1 saturated heterocycles. The van der Waals surface area contributed by atoms with Crippen LogP contribution in [0.5, 0.6) is 5.75 Å². The van der Waals surface area contributed by atoms with Gasteiger partial charge >= 0.3 is 0 Å². The summed E-state index contributed by atoms with van der Waals surface area (Å²) >= 11 is 0. The Balaban J connectivity index is 1.40. The highest BCUT2D eigenvalue weighted by Crippen LogP contribution is 2.30. The number of hydrogen-bond acceptors (Lipinski definition) is 6. The molecule has 1 atom stereocenters. The lowest BCUT2D eigenvalue weighted by Crippen LogP contribution is -2.54. The number of piperazine rings is 1. The number of hydrogen-bond donors (Lipinski definition) is 0. The molecule has 6 rings (SSSR count). The lowest BCUT2D eigenvalue weighted by Gasteiger charge is -2.40. The van der Waals surface area contributed by atoms with Crippen molar-refractivity contribution in [2.75, 3.05) is 31.6 Å². The van der Waals surface area contributed by atoms with Crippen LogP contribution < -0.4 is 9.64 Å². The summed E-state index contributed by atoms with van der Waals surface area (Å²) in [6.45, 7) is 6.01. The maximum Gasteiger partial charge on any atom is 0.254 e. The van der Waals surface area contributed by atoms with E-state index in [1.54, 1.807) is 7.11 Å². The lowest BCUT2D eigenvalue weighted by atomic mass is 10.1. The van der Waals surface area contributed by atoms with Gasteiger partial charge in [-0.05, 0) is 62.4 Å². The number of carbonyl (C=O) groups excluding carboxylic acids is 1. The molecule has 3 heterocycles. The molecule has 5 aromatic rings. The van der Waals surface area contributed by atoms with E-state index in [0.717, 1.165) is 50.8 Å². The van der Waals surface area contributed by atoms with Crippen LogP contribution in [-0.4, -0.2) is 63.2 Å². The molecule has 1 amide bonds. The summed E-state index contributed by atoms with van der Waals surface area (Å²) in [4.78, 5) is 22.6. The molecule has 1 fully saturated rings. The van der Waals surface area contributed by atoms with Gasteiger partial charge in [-0.25, -0.2) is 9.38 Å². The number of ether oxygens (including phenoxy) is 1. The molecule has 1 aliphatic rings. The normalized spacial score (nSPS) is 15.9. The van der Waals surface area contributed by atoms with Crippen molar-refractivity contribution in [3.63, 3.8) is 0 Å². The minimum absolute atomic E-state index is 0.00556. The number of anilines is 1. The van der Waals surface area contributed by atoms with Gasteiger partial charge in [-0.1, -0.05) is 29.8 Å². The Labute approximate surface area is 215 Å². The second kappa shape index (κ2) is 9.20. The van der Waals surface area contributed by atoms with E-state index in [4.69, 9.17) is 9.72 Å². The van der Waals surface area contributed by atoms with Crippen LogP contribution >= 0.6 is 0 Å². The molecule has 0 spiro atoms. The second-order valence-corrected chi connectivity index (χ2v) is 9.50. The molecule has 8 nitrogen and oxygen atoms in total. The van der Waals surface area contributed by atoms with Gasteiger partial charge in [0.25, 0.3) is 5.91 Å². The van der Waals surface area contributed by atoms with E-state index >= 15 is 0 Å². The molecular weight excluding hydrogens is 464 g/mol. The molecule has 186 valence electrons. The number of para-hydroxylation sites is 1. The molecule has 0 aliphatic carbocycles. The Kier molecular flexibility index (Phi) is 5.71. The Hall–Kier alpha value is -4.46. The Morgan fingerprint density at radius 3 is 2.54 bits per heavy atom. The number of aromatic nitrogens is 4. The third-order valence-electron chi connectivity index (χ3n) is 7.01. The number of carbonyl (C=O) groups is 1. The Bertz CT molecular complexity index is 1610. The summed E-state index contributed by atoms with van der Waals surface area (Å²) in [7, 11) is 1.65. The van der Waals surface area contributed by atoms with Gasteiger partial charge < -0.3 is 14.5 Å². The average Bonchev–Trinajstić information content (AvgIpc) is 3.38. The van der Waals surface area contributed by atoms with Crippen molar-refractivity contribution in [2.45, 2.75) is 19.9 Å². The fraction of sp³-hybridized carbons (Fsp3) is 0.241. The van der Waals surface area contributed by atoms with Crippen LogP contribution in [-0.2, 0) is 0 Å². The minimum atomic E-state index is 0.00556. The monoisotopic (exact) mass is 492 g/mol. The highest BCUT2D eigenvalue weighted by Gasteiger charge is 2.31. The topological polar surface area (TPSA) is 75.9 Å². The number of amides is 1. The van der Waals surface area contributed by atoms with Crippen LogP contribution in [0, 0.1) is 6.92 Å². The molecular formula is C29H28N6O2. The number of rotatable bonds is 4. The van der Waals surface area contributed by atoms with Crippen LogP contribution in [0.25, 0.3) is 27.9 Å². The lowest BCUT2D eigenvalue weighted by molar-refractivity contribution is 0.0673. The van der Waals surface area contributed by atoms with Crippen LogP contribution in [0.15, 0.2) is 72.8 Å². The predicted molar refractivity (Wildman–Crippen MR) is 144 cm³/mol. The molecule has 0 saturated carbocycles. The van der Waals surface area contributed by atoms with Crippen molar-refractivity contribution in [3.8, 4) is 17.1 Å². The molecule has 0 N–H and O–H groups in total.